The van der Waals surface area contributed by atoms with E-state index >= 15 is 0 Å². The number of aliphatic carboxylic acids is 1. The molecule has 1 aliphatic rings. The SMILES string of the molecule is CCCc1cc(N2CCCC(C(=O)O)C2)nc(-c2ccccc2)n1. The molecular formula is C19H23N3O2. The number of rotatable bonds is 5. The number of benzene rings is 1. The van der Waals surface area contributed by atoms with E-state index < -0.39 is 5.97 Å². The van der Waals surface area contributed by atoms with Crippen molar-refractivity contribution in [2.45, 2.75) is 32.6 Å². The summed E-state index contributed by atoms with van der Waals surface area (Å²) in [4.78, 5) is 22.8. The van der Waals surface area contributed by atoms with Crippen LogP contribution in [0.5, 0.6) is 0 Å². The van der Waals surface area contributed by atoms with Crippen molar-refractivity contribution in [3.8, 4) is 11.4 Å². The normalized spacial score (nSPS) is 17.7. The maximum absolute atomic E-state index is 11.3. The fraction of sp³-hybridized carbons (Fsp3) is 0.421. The molecule has 0 radical (unpaired) electrons. The molecule has 1 N–H and O–H groups in total. The first-order chi connectivity index (χ1) is 11.7. The Balaban J connectivity index is 1.94. The van der Waals surface area contributed by atoms with Crippen LogP contribution in [0.4, 0.5) is 5.82 Å². The van der Waals surface area contributed by atoms with Crippen LogP contribution in [0.25, 0.3) is 11.4 Å². The Labute approximate surface area is 142 Å². The van der Waals surface area contributed by atoms with Gasteiger partial charge >= 0.3 is 5.97 Å². The van der Waals surface area contributed by atoms with Crippen LogP contribution >= 0.6 is 0 Å². The topological polar surface area (TPSA) is 66.3 Å². The molecule has 24 heavy (non-hydrogen) atoms. The predicted octanol–water partition coefficient (Wildman–Crippen LogP) is 3.40. The monoisotopic (exact) mass is 325 g/mol. The van der Waals surface area contributed by atoms with Gasteiger partial charge in [-0.05, 0) is 19.3 Å². The van der Waals surface area contributed by atoms with Crippen LogP contribution in [0.2, 0.25) is 0 Å². The predicted molar refractivity (Wildman–Crippen MR) is 94.0 cm³/mol. The van der Waals surface area contributed by atoms with Crippen molar-refractivity contribution in [3.05, 3.63) is 42.1 Å². The Bertz CT molecular complexity index is 703. The molecule has 1 atom stereocenters. The highest BCUT2D eigenvalue weighted by molar-refractivity contribution is 5.71. The lowest BCUT2D eigenvalue weighted by Crippen LogP contribution is -2.39. The van der Waals surface area contributed by atoms with E-state index in [1.165, 1.54) is 0 Å². The van der Waals surface area contributed by atoms with Gasteiger partial charge in [-0.25, -0.2) is 9.97 Å². The first-order valence-corrected chi connectivity index (χ1v) is 8.58. The highest BCUT2D eigenvalue weighted by Gasteiger charge is 2.26. The van der Waals surface area contributed by atoms with E-state index in [9.17, 15) is 9.90 Å². The van der Waals surface area contributed by atoms with Crippen LogP contribution in [-0.4, -0.2) is 34.1 Å². The number of aryl methyl sites for hydroxylation is 1. The van der Waals surface area contributed by atoms with Gasteiger partial charge in [-0.1, -0.05) is 43.7 Å². The van der Waals surface area contributed by atoms with E-state index in [2.05, 4.69) is 16.8 Å². The molecule has 1 aromatic carbocycles. The largest absolute Gasteiger partial charge is 0.481 e. The number of anilines is 1. The maximum atomic E-state index is 11.3. The zero-order valence-corrected chi connectivity index (χ0v) is 14.0. The Kier molecular flexibility index (Phi) is 5.08. The molecule has 0 spiro atoms. The molecule has 0 saturated carbocycles. The molecule has 0 aliphatic carbocycles. The highest BCUT2D eigenvalue weighted by Crippen LogP contribution is 2.25. The Hall–Kier alpha value is -2.43. The first kappa shape index (κ1) is 16.4. The van der Waals surface area contributed by atoms with E-state index in [-0.39, 0.29) is 5.92 Å². The van der Waals surface area contributed by atoms with E-state index in [1.807, 2.05) is 36.4 Å². The van der Waals surface area contributed by atoms with Gasteiger partial charge in [0, 0.05) is 30.4 Å². The summed E-state index contributed by atoms with van der Waals surface area (Å²) in [5, 5.41) is 9.31. The molecule has 1 fully saturated rings. The van der Waals surface area contributed by atoms with Gasteiger partial charge < -0.3 is 10.0 Å². The average Bonchev–Trinajstić information content (AvgIpc) is 2.62. The molecule has 2 aromatic rings. The zero-order chi connectivity index (χ0) is 16.9. The molecule has 0 bridgehead atoms. The fourth-order valence-corrected chi connectivity index (χ4v) is 3.13. The molecule has 3 rings (SSSR count). The minimum atomic E-state index is -0.717. The van der Waals surface area contributed by atoms with Crippen LogP contribution < -0.4 is 4.90 Å². The Morgan fingerprint density at radius 3 is 2.79 bits per heavy atom. The van der Waals surface area contributed by atoms with Crippen LogP contribution in [-0.2, 0) is 11.2 Å². The van der Waals surface area contributed by atoms with Gasteiger partial charge in [0.15, 0.2) is 5.82 Å². The summed E-state index contributed by atoms with van der Waals surface area (Å²) in [5.41, 5.74) is 2.00. The lowest BCUT2D eigenvalue weighted by Gasteiger charge is -2.32. The molecule has 5 heteroatoms. The van der Waals surface area contributed by atoms with Crippen molar-refractivity contribution in [1.29, 1.82) is 0 Å². The number of aromatic nitrogens is 2. The van der Waals surface area contributed by atoms with Crippen molar-refractivity contribution in [2.75, 3.05) is 18.0 Å². The second-order valence-corrected chi connectivity index (χ2v) is 6.28. The number of hydrogen-bond donors (Lipinski definition) is 1. The summed E-state index contributed by atoms with van der Waals surface area (Å²) in [7, 11) is 0. The van der Waals surface area contributed by atoms with Crippen LogP contribution in [0.1, 0.15) is 31.9 Å². The molecule has 126 valence electrons. The van der Waals surface area contributed by atoms with Gasteiger partial charge in [0.2, 0.25) is 0 Å². The van der Waals surface area contributed by atoms with Gasteiger partial charge in [-0.3, -0.25) is 4.79 Å². The van der Waals surface area contributed by atoms with Crippen molar-refractivity contribution in [2.24, 2.45) is 5.92 Å². The van der Waals surface area contributed by atoms with Gasteiger partial charge in [0.1, 0.15) is 5.82 Å². The molecular weight excluding hydrogens is 302 g/mol. The van der Waals surface area contributed by atoms with Crippen LogP contribution in [0.3, 0.4) is 0 Å². The third-order valence-electron chi connectivity index (χ3n) is 4.40. The second-order valence-electron chi connectivity index (χ2n) is 6.28. The number of carboxylic acids is 1. The van der Waals surface area contributed by atoms with Gasteiger partial charge in [0.25, 0.3) is 0 Å². The maximum Gasteiger partial charge on any atom is 0.308 e. The minimum absolute atomic E-state index is 0.316. The van der Waals surface area contributed by atoms with E-state index in [1.54, 1.807) is 0 Å². The molecule has 5 nitrogen and oxygen atoms in total. The van der Waals surface area contributed by atoms with Crippen molar-refractivity contribution >= 4 is 11.8 Å². The van der Waals surface area contributed by atoms with Crippen molar-refractivity contribution in [3.63, 3.8) is 0 Å². The summed E-state index contributed by atoms with van der Waals surface area (Å²) in [6, 6.07) is 12.0. The molecule has 1 aromatic heterocycles. The second kappa shape index (κ2) is 7.43. The Morgan fingerprint density at radius 2 is 2.08 bits per heavy atom. The van der Waals surface area contributed by atoms with Crippen molar-refractivity contribution in [1.82, 2.24) is 9.97 Å². The quantitative estimate of drug-likeness (QED) is 0.912. The molecule has 1 saturated heterocycles. The van der Waals surface area contributed by atoms with Crippen LogP contribution in [0.15, 0.2) is 36.4 Å². The van der Waals surface area contributed by atoms with E-state index in [0.29, 0.717) is 12.4 Å². The molecule has 0 amide bonds. The standard InChI is InChI=1S/C19H23N3O2/c1-2-7-16-12-17(22-11-6-10-15(13-22)19(23)24)21-18(20-16)14-8-4-3-5-9-14/h3-5,8-9,12,15H,2,6-7,10-11,13H2,1H3,(H,23,24). The van der Waals surface area contributed by atoms with Gasteiger partial charge in [-0.15, -0.1) is 0 Å². The number of carbonyl (C=O) groups is 1. The number of piperidine rings is 1. The summed E-state index contributed by atoms with van der Waals surface area (Å²) in [5.74, 6) is 0.529. The van der Waals surface area contributed by atoms with Crippen LogP contribution in [0, 0.1) is 5.92 Å². The average molecular weight is 325 g/mol. The van der Waals surface area contributed by atoms with E-state index in [4.69, 9.17) is 4.98 Å². The number of nitrogens with zero attached hydrogens (tertiary/aromatic N) is 3. The van der Waals surface area contributed by atoms with E-state index in [0.717, 1.165) is 49.3 Å². The summed E-state index contributed by atoms with van der Waals surface area (Å²) < 4.78 is 0. The van der Waals surface area contributed by atoms with Crippen molar-refractivity contribution < 1.29 is 9.90 Å². The zero-order valence-electron chi connectivity index (χ0n) is 14.0. The lowest BCUT2D eigenvalue weighted by atomic mass is 9.98. The van der Waals surface area contributed by atoms with Gasteiger partial charge in [0.05, 0.1) is 5.92 Å². The smallest absolute Gasteiger partial charge is 0.308 e. The molecule has 1 aliphatic heterocycles. The third kappa shape index (κ3) is 3.72. The number of hydrogen-bond acceptors (Lipinski definition) is 4. The Morgan fingerprint density at radius 1 is 1.29 bits per heavy atom. The summed E-state index contributed by atoms with van der Waals surface area (Å²) in [6.45, 7) is 3.50. The third-order valence-corrected chi connectivity index (χ3v) is 4.40. The number of carboxylic acid groups (broad SMARTS) is 1. The summed E-state index contributed by atoms with van der Waals surface area (Å²) >= 11 is 0. The fourth-order valence-electron chi connectivity index (χ4n) is 3.13. The minimum Gasteiger partial charge on any atom is -0.481 e. The summed E-state index contributed by atoms with van der Waals surface area (Å²) in [6.07, 6.45) is 3.53. The van der Waals surface area contributed by atoms with Gasteiger partial charge in [-0.2, -0.15) is 0 Å². The highest BCUT2D eigenvalue weighted by atomic mass is 16.4. The molecule has 2 heterocycles. The first-order valence-electron chi connectivity index (χ1n) is 8.58. The lowest BCUT2D eigenvalue weighted by molar-refractivity contribution is -0.141. The molecule has 1 unspecified atom stereocenters.